The molecule has 5 aliphatic rings. The Morgan fingerprint density at radius 3 is 2.58 bits per heavy atom. The molecule has 53 heavy (non-hydrogen) atoms. The first-order valence-corrected chi connectivity index (χ1v) is 20.5. The SMILES string of the molecule is Cc1nc2ccccc2c2c1O[C@]1(CC2)C[C@H]2C(=O)N[C@]3(C(=O)NS(=O)(=O)C4(C)CC4)CC[C@H]3/C=C\CCCCC[C@H](Nc3ccccn3)C(=O)N2C1. The zero-order chi connectivity index (χ0) is 37.0. The molecule has 13 heteroatoms. The fraction of sp³-hybridized carbons (Fsp3) is 0.525. The van der Waals surface area contributed by atoms with Crippen molar-refractivity contribution in [3.63, 3.8) is 0 Å². The second-order valence-corrected chi connectivity index (χ2v) is 18.2. The Morgan fingerprint density at radius 1 is 1.02 bits per heavy atom. The molecule has 2 aliphatic carbocycles. The maximum atomic E-state index is 14.8. The molecule has 3 N–H and O–H groups in total. The Kier molecular flexibility index (Phi) is 8.98. The van der Waals surface area contributed by atoms with Gasteiger partial charge in [-0.05, 0) is 89.8 Å². The number of carbonyl (C=O) groups excluding carboxylic acids is 3. The van der Waals surface area contributed by atoms with Gasteiger partial charge in [-0.1, -0.05) is 49.3 Å². The highest BCUT2D eigenvalue weighted by Gasteiger charge is 2.59. The molecule has 0 radical (unpaired) electrons. The Bertz CT molecular complexity index is 2090. The molecule has 2 aromatic heterocycles. The number of allylic oxidation sites excluding steroid dienone is 1. The molecule has 1 aromatic carbocycles. The zero-order valence-corrected chi connectivity index (χ0v) is 31.2. The first-order chi connectivity index (χ1) is 25.4. The third kappa shape index (κ3) is 6.44. The molecule has 5 heterocycles. The lowest BCUT2D eigenvalue weighted by Crippen LogP contribution is -2.70. The van der Waals surface area contributed by atoms with Crippen LogP contribution in [-0.4, -0.2) is 75.5 Å². The number of aromatic nitrogens is 2. The first kappa shape index (κ1) is 35.5. The van der Waals surface area contributed by atoms with Gasteiger partial charge in [0.15, 0.2) is 0 Å². The number of rotatable bonds is 5. The number of sulfonamides is 1. The maximum absolute atomic E-state index is 14.8. The summed E-state index contributed by atoms with van der Waals surface area (Å²) in [6.07, 6.45) is 12.8. The number of amides is 3. The van der Waals surface area contributed by atoms with E-state index in [4.69, 9.17) is 9.72 Å². The molecule has 1 saturated heterocycles. The number of nitrogens with zero attached hydrogens (tertiary/aromatic N) is 3. The van der Waals surface area contributed by atoms with Gasteiger partial charge in [-0.3, -0.25) is 19.1 Å². The fourth-order valence-electron chi connectivity index (χ4n) is 8.64. The Labute approximate surface area is 310 Å². The topological polar surface area (TPSA) is 160 Å². The summed E-state index contributed by atoms with van der Waals surface area (Å²) in [7, 11) is -3.96. The van der Waals surface area contributed by atoms with Crippen LogP contribution in [0.3, 0.4) is 0 Å². The summed E-state index contributed by atoms with van der Waals surface area (Å²) < 4.78 is 34.9. The number of fused-ring (bicyclic) bond motifs is 5. The highest BCUT2D eigenvalue weighted by atomic mass is 32.2. The van der Waals surface area contributed by atoms with E-state index >= 15 is 0 Å². The predicted octanol–water partition coefficient (Wildman–Crippen LogP) is 4.87. The van der Waals surface area contributed by atoms with Gasteiger partial charge in [-0.15, -0.1) is 0 Å². The van der Waals surface area contributed by atoms with Gasteiger partial charge in [-0.2, -0.15) is 0 Å². The molecule has 3 aliphatic heterocycles. The van der Waals surface area contributed by atoms with Crippen LogP contribution in [0.15, 0.2) is 60.8 Å². The van der Waals surface area contributed by atoms with E-state index in [1.807, 2.05) is 61.5 Å². The van der Waals surface area contributed by atoms with Gasteiger partial charge in [0.25, 0.3) is 5.91 Å². The molecule has 0 bridgehead atoms. The summed E-state index contributed by atoms with van der Waals surface area (Å²) >= 11 is 0. The molecule has 8 rings (SSSR count). The number of aryl methyl sites for hydroxylation is 2. The van der Waals surface area contributed by atoms with Crippen LogP contribution in [0.5, 0.6) is 5.75 Å². The van der Waals surface area contributed by atoms with Crippen molar-refractivity contribution in [2.45, 2.75) is 119 Å². The van der Waals surface area contributed by atoms with Crippen molar-refractivity contribution in [3.05, 3.63) is 72.1 Å². The fourth-order valence-corrected chi connectivity index (χ4v) is 9.95. The van der Waals surface area contributed by atoms with Gasteiger partial charge in [0.2, 0.25) is 21.8 Å². The maximum Gasteiger partial charge on any atom is 0.259 e. The van der Waals surface area contributed by atoms with Gasteiger partial charge >= 0.3 is 0 Å². The van der Waals surface area contributed by atoms with Crippen LogP contribution in [0.1, 0.15) is 88.8 Å². The van der Waals surface area contributed by atoms with Gasteiger partial charge in [-0.25, -0.2) is 18.4 Å². The van der Waals surface area contributed by atoms with Crippen LogP contribution >= 0.6 is 0 Å². The zero-order valence-electron chi connectivity index (χ0n) is 30.4. The second-order valence-electron chi connectivity index (χ2n) is 16.0. The normalized spacial score (nSPS) is 30.3. The van der Waals surface area contributed by atoms with Crippen molar-refractivity contribution in [3.8, 4) is 5.75 Å². The molecule has 3 aromatic rings. The molecule has 5 atom stereocenters. The average molecular weight is 741 g/mol. The minimum Gasteiger partial charge on any atom is -0.483 e. The molecule has 3 fully saturated rings. The van der Waals surface area contributed by atoms with E-state index in [2.05, 4.69) is 20.3 Å². The number of ether oxygens (including phenoxy) is 1. The van der Waals surface area contributed by atoms with Crippen molar-refractivity contribution in [2.75, 3.05) is 11.9 Å². The summed E-state index contributed by atoms with van der Waals surface area (Å²) in [6, 6.07) is 11.8. The number of para-hydroxylation sites is 1. The minimum atomic E-state index is -3.96. The number of pyridine rings is 2. The van der Waals surface area contributed by atoms with Crippen molar-refractivity contribution in [2.24, 2.45) is 5.92 Å². The molecular weight excluding hydrogens is 693 g/mol. The van der Waals surface area contributed by atoms with Crippen molar-refractivity contribution >= 4 is 44.5 Å². The van der Waals surface area contributed by atoms with Gasteiger partial charge in [0.1, 0.15) is 34.8 Å². The van der Waals surface area contributed by atoms with E-state index < -0.39 is 55.7 Å². The predicted molar refractivity (Wildman–Crippen MR) is 200 cm³/mol. The number of carbonyl (C=O) groups is 3. The van der Waals surface area contributed by atoms with Crippen LogP contribution in [0.4, 0.5) is 5.82 Å². The molecular formula is C40H48N6O6S. The Balaban J connectivity index is 1.16. The van der Waals surface area contributed by atoms with Gasteiger partial charge < -0.3 is 20.3 Å². The Hall–Kier alpha value is -4.52. The van der Waals surface area contributed by atoms with E-state index in [0.717, 1.165) is 47.8 Å². The Morgan fingerprint density at radius 2 is 1.83 bits per heavy atom. The number of hydrogen-bond donors (Lipinski definition) is 3. The third-order valence-corrected chi connectivity index (χ3v) is 14.5. The molecule has 12 nitrogen and oxygen atoms in total. The minimum absolute atomic E-state index is 0.172. The van der Waals surface area contributed by atoms with Gasteiger partial charge in [0, 0.05) is 29.5 Å². The van der Waals surface area contributed by atoms with Crippen molar-refractivity contribution in [1.82, 2.24) is 24.9 Å². The van der Waals surface area contributed by atoms with Crippen molar-refractivity contribution < 1.29 is 27.5 Å². The van der Waals surface area contributed by atoms with Crippen LogP contribution < -0.4 is 20.1 Å². The van der Waals surface area contributed by atoms with E-state index in [0.29, 0.717) is 50.1 Å². The first-order valence-electron chi connectivity index (χ1n) is 19.0. The summed E-state index contributed by atoms with van der Waals surface area (Å²) in [5.74, 6) is -0.592. The lowest BCUT2D eigenvalue weighted by molar-refractivity contribution is -0.144. The highest BCUT2D eigenvalue weighted by Crippen LogP contribution is 2.47. The lowest BCUT2D eigenvalue weighted by atomic mass is 9.65. The van der Waals surface area contributed by atoms with E-state index in [-0.39, 0.29) is 25.3 Å². The quantitative estimate of drug-likeness (QED) is 0.311. The summed E-state index contributed by atoms with van der Waals surface area (Å²) in [5.41, 5.74) is 0.364. The van der Waals surface area contributed by atoms with Crippen LogP contribution in [0.25, 0.3) is 10.9 Å². The molecule has 0 unspecified atom stereocenters. The molecule has 280 valence electrons. The summed E-state index contributed by atoms with van der Waals surface area (Å²) in [4.78, 5) is 54.6. The summed E-state index contributed by atoms with van der Waals surface area (Å²) in [5, 5.41) is 7.45. The standard InChI is InChI=1S/C40H48N6O6S/c1-26-34-29(28-13-8-9-14-30(28)42-26)18-19-39(52-34)24-32-35(47)44-40(37(49)45-53(50,51)38(2)21-22-38)20-17-27(40)12-6-4-3-5-7-15-31(36(48)46(32)25-39)43-33-16-10-11-23-41-33/h6,8-14,16,23,27,31-32H,3-5,7,15,17-22,24-25H2,1-2H3,(H,41,43)(H,44,47)(H,45,49)/b12-6-/t27-,31+,32+,39-,40-/m1/s1. The average Bonchev–Trinajstić information content (AvgIpc) is 3.80. The summed E-state index contributed by atoms with van der Waals surface area (Å²) in [6.45, 7) is 3.73. The monoisotopic (exact) mass is 740 g/mol. The van der Waals surface area contributed by atoms with E-state index in [9.17, 15) is 22.8 Å². The number of anilines is 1. The number of benzene rings is 1. The molecule has 1 spiro atoms. The number of nitrogens with one attached hydrogen (secondary N) is 3. The van der Waals surface area contributed by atoms with Crippen LogP contribution in [-0.2, 0) is 30.8 Å². The van der Waals surface area contributed by atoms with Crippen LogP contribution in [0, 0.1) is 12.8 Å². The largest absolute Gasteiger partial charge is 0.483 e. The van der Waals surface area contributed by atoms with Gasteiger partial charge in [0.05, 0.1) is 22.5 Å². The molecule has 2 saturated carbocycles. The van der Waals surface area contributed by atoms with Crippen molar-refractivity contribution in [1.29, 1.82) is 0 Å². The smallest absolute Gasteiger partial charge is 0.259 e. The number of hydrogen-bond acceptors (Lipinski definition) is 9. The van der Waals surface area contributed by atoms with Crippen LogP contribution in [0.2, 0.25) is 0 Å². The van der Waals surface area contributed by atoms with E-state index in [1.54, 1.807) is 18.0 Å². The third-order valence-electron chi connectivity index (χ3n) is 12.3. The second kappa shape index (κ2) is 13.4. The highest BCUT2D eigenvalue weighted by molar-refractivity contribution is 7.91. The van der Waals surface area contributed by atoms with E-state index in [1.165, 1.54) is 0 Å². The lowest BCUT2D eigenvalue weighted by Gasteiger charge is -2.48. The molecule has 3 amide bonds.